The highest BCUT2D eigenvalue weighted by Crippen LogP contribution is 2.52. The van der Waals surface area contributed by atoms with Crippen LogP contribution in [0.25, 0.3) is 0 Å². The number of halogens is 1. The van der Waals surface area contributed by atoms with Gasteiger partial charge in [-0.25, -0.2) is 4.39 Å². The second-order valence-electron chi connectivity index (χ2n) is 4.15. The normalized spacial score (nSPS) is 16.4. The fourth-order valence-electron chi connectivity index (χ4n) is 2.03. The van der Waals surface area contributed by atoms with E-state index in [0.717, 1.165) is 0 Å². The van der Waals surface area contributed by atoms with Crippen molar-refractivity contribution in [3.63, 3.8) is 0 Å². The summed E-state index contributed by atoms with van der Waals surface area (Å²) in [7, 11) is 1.51. The molecule has 0 atom stereocenters. The van der Waals surface area contributed by atoms with Gasteiger partial charge in [-0.3, -0.25) is 4.79 Å². The van der Waals surface area contributed by atoms with Gasteiger partial charge in [0, 0.05) is 5.56 Å². The predicted molar refractivity (Wildman–Crippen MR) is 60.5 cm³/mol. The number of carbonyl (C=O) groups is 1. The van der Waals surface area contributed by atoms with E-state index in [-0.39, 0.29) is 11.8 Å². The van der Waals surface area contributed by atoms with Gasteiger partial charge in [-0.15, -0.1) is 0 Å². The Morgan fingerprint density at radius 2 is 2.18 bits per heavy atom. The summed E-state index contributed by atoms with van der Waals surface area (Å²) in [6.45, 7) is 2.09. The Morgan fingerprint density at radius 1 is 1.47 bits per heavy atom. The molecule has 0 bridgehead atoms. The smallest absolute Gasteiger partial charge is 0.316 e. The zero-order valence-electron chi connectivity index (χ0n) is 9.96. The lowest BCUT2D eigenvalue weighted by Crippen LogP contribution is -2.24. The van der Waals surface area contributed by atoms with Gasteiger partial charge in [-0.1, -0.05) is 0 Å². The number of rotatable bonds is 4. The molecule has 1 aliphatic rings. The molecule has 0 saturated heterocycles. The minimum atomic E-state index is -0.691. The molecule has 0 radical (unpaired) electrons. The van der Waals surface area contributed by atoms with E-state index in [2.05, 4.69) is 0 Å². The van der Waals surface area contributed by atoms with E-state index in [1.165, 1.54) is 19.2 Å². The third-order valence-electron chi connectivity index (χ3n) is 3.09. The lowest BCUT2D eigenvalue weighted by molar-refractivity contribution is -0.146. The molecule has 1 aliphatic carbocycles. The van der Waals surface area contributed by atoms with Crippen LogP contribution < -0.4 is 4.74 Å². The summed E-state index contributed by atoms with van der Waals surface area (Å²) in [5, 5.41) is 0. The first-order chi connectivity index (χ1) is 8.14. The third-order valence-corrected chi connectivity index (χ3v) is 3.09. The van der Waals surface area contributed by atoms with Crippen LogP contribution in [0.5, 0.6) is 5.75 Å². The molecule has 2 rings (SSSR count). The van der Waals surface area contributed by atoms with E-state index < -0.39 is 5.41 Å². The Kier molecular flexibility index (Phi) is 3.05. The maximum atomic E-state index is 13.3. The lowest BCUT2D eigenvalue weighted by Gasteiger charge is -2.17. The topological polar surface area (TPSA) is 35.5 Å². The van der Waals surface area contributed by atoms with Crippen LogP contribution in [0.3, 0.4) is 0 Å². The van der Waals surface area contributed by atoms with Crippen LogP contribution in [-0.4, -0.2) is 19.7 Å². The zero-order chi connectivity index (χ0) is 12.5. The molecule has 1 aromatic rings. The molecule has 0 unspecified atom stereocenters. The molecular formula is C13H15FO3. The van der Waals surface area contributed by atoms with E-state index in [0.29, 0.717) is 30.8 Å². The summed E-state index contributed by atoms with van der Waals surface area (Å²) in [4.78, 5) is 11.9. The van der Waals surface area contributed by atoms with Crippen LogP contribution in [0.15, 0.2) is 18.2 Å². The van der Waals surface area contributed by atoms with E-state index >= 15 is 0 Å². The molecular weight excluding hydrogens is 223 g/mol. The largest absolute Gasteiger partial charge is 0.496 e. The van der Waals surface area contributed by atoms with Crippen molar-refractivity contribution in [3.8, 4) is 5.75 Å². The zero-order valence-corrected chi connectivity index (χ0v) is 9.96. The molecule has 1 fully saturated rings. The first-order valence-electron chi connectivity index (χ1n) is 5.65. The monoisotopic (exact) mass is 238 g/mol. The van der Waals surface area contributed by atoms with Crippen LogP contribution in [0.4, 0.5) is 4.39 Å². The van der Waals surface area contributed by atoms with Gasteiger partial charge in [0.05, 0.1) is 19.1 Å². The van der Waals surface area contributed by atoms with Crippen LogP contribution >= 0.6 is 0 Å². The number of ether oxygens (including phenoxy) is 2. The third kappa shape index (κ3) is 1.99. The number of esters is 1. The van der Waals surface area contributed by atoms with Crippen molar-refractivity contribution in [1.82, 2.24) is 0 Å². The fraction of sp³-hybridized carbons (Fsp3) is 0.462. The molecule has 0 N–H and O–H groups in total. The molecule has 17 heavy (non-hydrogen) atoms. The van der Waals surface area contributed by atoms with Crippen molar-refractivity contribution in [2.24, 2.45) is 0 Å². The standard InChI is InChI=1S/C13H15FO3/c1-3-17-12(15)13(6-7-13)10-8-9(14)4-5-11(10)16-2/h4-5,8H,3,6-7H2,1-2H3. The Hall–Kier alpha value is -1.58. The second kappa shape index (κ2) is 4.35. The van der Waals surface area contributed by atoms with Crippen molar-refractivity contribution in [2.75, 3.05) is 13.7 Å². The van der Waals surface area contributed by atoms with Gasteiger partial charge in [-0.2, -0.15) is 0 Å². The summed E-state index contributed by atoms with van der Waals surface area (Å²) in [5.74, 6) is -0.114. The Balaban J connectivity index is 2.39. The molecule has 4 heteroatoms. The van der Waals surface area contributed by atoms with Gasteiger partial charge in [-0.05, 0) is 38.0 Å². The minimum Gasteiger partial charge on any atom is -0.496 e. The number of benzene rings is 1. The predicted octanol–water partition coefficient (Wildman–Crippen LogP) is 2.43. The molecule has 0 heterocycles. The maximum absolute atomic E-state index is 13.3. The van der Waals surface area contributed by atoms with Crippen LogP contribution in [0.2, 0.25) is 0 Å². The van der Waals surface area contributed by atoms with Gasteiger partial charge in [0.2, 0.25) is 0 Å². The lowest BCUT2D eigenvalue weighted by atomic mass is 9.95. The molecule has 0 aromatic heterocycles. The van der Waals surface area contributed by atoms with Crippen LogP contribution in [0, 0.1) is 5.82 Å². The van der Waals surface area contributed by atoms with E-state index in [1.54, 1.807) is 13.0 Å². The minimum absolute atomic E-state index is 0.288. The Bertz CT molecular complexity index is 438. The van der Waals surface area contributed by atoms with Crippen LogP contribution in [0.1, 0.15) is 25.3 Å². The van der Waals surface area contributed by atoms with Crippen molar-refractivity contribution in [3.05, 3.63) is 29.6 Å². The summed E-state index contributed by atoms with van der Waals surface area (Å²) in [6, 6.07) is 4.23. The van der Waals surface area contributed by atoms with E-state index in [9.17, 15) is 9.18 Å². The molecule has 1 aromatic carbocycles. The van der Waals surface area contributed by atoms with E-state index in [4.69, 9.17) is 9.47 Å². The van der Waals surface area contributed by atoms with Gasteiger partial charge < -0.3 is 9.47 Å². The van der Waals surface area contributed by atoms with E-state index in [1.807, 2.05) is 0 Å². The van der Waals surface area contributed by atoms with Crippen LogP contribution in [-0.2, 0) is 14.9 Å². The molecule has 1 saturated carbocycles. The second-order valence-corrected chi connectivity index (χ2v) is 4.15. The van der Waals surface area contributed by atoms with Crippen molar-refractivity contribution >= 4 is 5.97 Å². The fourth-order valence-corrected chi connectivity index (χ4v) is 2.03. The molecule has 0 aliphatic heterocycles. The van der Waals surface area contributed by atoms with Crippen molar-refractivity contribution in [2.45, 2.75) is 25.2 Å². The molecule has 92 valence electrons. The average Bonchev–Trinajstić information content (AvgIpc) is 3.10. The summed E-state index contributed by atoms with van der Waals surface area (Å²) < 4.78 is 23.5. The van der Waals surface area contributed by atoms with Crippen molar-refractivity contribution in [1.29, 1.82) is 0 Å². The van der Waals surface area contributed by atoms with Gasteiger partial charge in [0.25, 0.3) is 0 Å². The quantitative estimate of drug-likeness (QED) is 0.756. The summed E-state index contributed by atoms with van der Waals surface area (Å²) in [6.07, 6.45) is 1.37. The number of hydrogen-bond donors (Lipinski definition) is 0. The highest BCUT2D eigenvalue weighted by atomic mass is 19.1. The molecule has 0 spiro atoms. The molecule has 3 nitrogen and oxygen atoms in total. The number of carbonyl (C=O) groups excluding carboxylic acids is 1. The first kappa shape index (κ1) is 11.9. The first-order valence-corrected chi connectivity index (χ1v) is 5.65. The van der Waals surface area contributed by atoms with Gasteiger partial charge >= 0.3 is 5.97 Å². The Morgan fingerprint density at radius 3 is 2.71 bits per heavy atom. The Labute approximate surface area is 99.5 Å². The number of methoxy groups -OCH3 is 1. The SMILES string of the molecule is CCOC(=O)C1(c2cc(F)ccc2OC)CC1. The van der Waals surface area contributed by atoms with Crippen molar-refractivity contribution < 1.29 is 18.7 Å². The summed E-state index contributed by atoms with van der Waals surface area (Å²) >= 11 is 0. The number of hydrogen-bond acceptors (Lipinski definition) is 3. The highest BCUT2D eigenvalue weighted by Gasteiger charge is 2.54. The average molecular weight is 238 g/mol. The highest BCUT2D eigenvalue weighted by molar-refractivity contribution is 5.87. The van der Waals surface area contributed by atoms with Gasteiger partial charge in [0.15, 0.2) is 0 Å². The van der Waals surface area contributed by atoms with Gasteiger partial charge in [0.1, 0.15) is 11.6 Å². The molecule has 0 amide bonds. The maximum Gasteiger partial charge on any atom is 0.316 e. The summed E-state index contributed by atoms with van der Waals surface area (Å²) in [5.41, 5.74) is -0.0952.